The van der Waals surface area contributed by atoms with Gasteiger partial charge in [0, 0.05) is 13.0 Å². The second-order valence-electron chi connectivity index (χ2n) is 14.8. The van der Waals surface area contributed by atoms with Crippen molar-refractivity contribution in [1.29, 1.82) is 0 Å². The molecule has 2 fully saturated rings. The fourth-order valence-electron chi connectivity index (χ4n) is 6.57. The zero-order chi connectivity index (χ0) is 44.8. The number of amides is 3. The summed E-state index contributed by atoms with van der Waals surface area (Å²) in [5.41, 5.74) is 1.27. The van der Waals surface area contributed by atoms with E-state index in [1.165, 1.54) is 17.3 Å². The van der Waals surface area contributed by atoms with E-state index >= 15 is 0 Å². The summed E-state index contributed by atoms with van der Waals surface area (Å²) in [6, 6.07) is 9.29. The number of hydrogen-bond donors (Lipinski definition) is 11. The fraction of sp³-hybridized carbons (Fsp3) is 0.622. The van der Waals surface area contributed by atoms with Crippen LogP contribution < -0.4 is 16.0 Å². The predicted octanol–water partition coefficient (Wildman–Crippen LogP) is -5.53. The van der Waals surface area contributed by atoms with Crippen molar-refractivity contribution in [3.8, 4) is 0 Å². The minimum absolute atomic E-state index is 0.183. The number of rotatable bonds is 22. The van der Waals surface area contributed by atoms with Gasteiger partial charge in [-0.15, -0.1) is 10.2 Å². The minimum atomic E-state index is -1.65. The first kappa shape index (κ1) is 48.0. The first-order valence-corrected chi connectivity index (χ1v) is 19.9. The molecule has 25 heteroatoms. The van der Waals surface area contributed by atoms with Gasteiger partial charge in [-0.1, -0.05) is 47.2 Å². The minimum Gasteiger partial charge on any atom is -0.461 e. The highest BCUT2D eigenvalue weighted by molar-refractivity contribution is 5.84. The number of carbonyl (C=O) groups is 4. The number of nitrogens with zero attached hydrogens (tertiary/aromatic N) is 7. The molecule has 10 atom stereocenters. The van der Waals surface area contributed by atoms with Crippen LogP contribution in [0.15, 0.2) is 42.7 Å². The molecule has 2 aliphatic rings. The molecule has 5 rings (SSSR count). The van der Waals surface area contributed by atoms with Crippen molar-refractivity contribution in [2.24, 2.45) is 0 Å². The third kappa shape index (κ3) is 13.5. The number of nitrogens with one attached hydrogen (secondary N) is 3. The Morgan fingerprint density at radius 1 is 0.645 bits per heavy atom. The van der Waals surface area contributed by atoms with E-state index in [9.17, 15) is 60.0 Å². The van der Waals surface area contributed by atoms with E-state index in [-0.39, 0.29) is 56.6 Å². The number of hydrogen-bond acceptors (Lipinski definition) is 20. The summed E-state index contributed by atoms with van der Waals surface area (Å²) in [6.07, 6.45) is -10.1. The second kappa shape index (κ2) is 23.4. The molecule has 0 saturated carbocycles. The molecule has 62 heavy (non-hydrogen) atoms. The normalized spacial score (nSPS) is 26.2. The standard InChI is InChI=1S/C37H54N10O15/c48-18-24-30(54)32(56)34(58)36(61-24)46-13-22(41-43-46)11-39-27(51)16-45(15-26(50)38-10-6-2-5-9-29(53)60-20-21-7-3-1-4-8-21)17-28(52)40-12-23-14-47(44-42-23)37-35(59)33(57)31(55)25(19-49)62-37/h1,3-4,7-8,13-14,24-25,30-37,48-49,54-59H,2,5-6,9-12,15-20H2,(H,38,50)(H,39,51)(H,40,52)/t24-,25-,30-,31-,32+,33+,34+,35+,36+,37+/m1/s1. The van der Waals surface area contributed by atoms with Crippen LogP contribution >= 0.6 is 0 Å². The van der Waals surface area contributed by atoms with Crippen LogP contribution in [0.2, 0.25) is 0 Å². The Balaban J connectivity index is 1.11. The molecule has 3 amide bonds. The lowest BCUT2D eigenvalue weighted by Crippen LogP contribution is -2.56. The van der Waals surface area contributed by atoms with Gasteiger partial charge in [0.2, 0.25) is 17.7 Å². The number of carbonyl (C=O) groups excluding carboxylic acids is 4. The zero-order valence-corrected chi connectivity index (χ0v) is 33.6. The molecule has 11 N–H and O–H groups in total. The van der Waals surface area contributed by atoms with Crippen LogP contribution in [0.5, 0.6) is 0 Å². The van der Waals surface area contributed by atoms with Crippen LogP contribution in [0.4, 0.5) is 0 Å². The van der Waals surface area contributed by atoms with Gasteiger partial charge in [-0.05, 0) is 18.4 Å². The van der Waals surface area contributed by atoms with Crippen LogP contribution in [0.25, 0.3) is 0 Å². The number of benzene rings is 1. The largest absolute Gasteiger partial charge is 0.461 e. The number of aliphatic hydroxyl groups is 8. The van der Waals surface area contributed by atoms with Gasteiger partial charge in [0.25, 0.3) is 0 Å². The molecular weight excluding hydrogens is 824 g/mol. The van der Waals surface area contributed by atoms with Crippen molar-refractivity contribution >= 4 is 23.7 Å². The molecule has 0 spiro atoms. The maximum absolute atomic E-state index is 13.1. The highest BCUT2D eigenvalue weighted by Gasteiger charge is 2.46. The lowest BCUT2D eigenvalue weighted by molar-refractivity contribution is -0.254. The summed E-state index contributed by atoms with van der Waals surface area (Å²) < 4.78 is 18.3. The van der Waals surface area contributed by atoms with Crippen LogP contribution in [0, 0.1) is 0 Å². The molecule has 0 radical (unpaired) electrons. The van der Waals surface area contributed by atoms with E-state index in [1.807, 2.05) is 30.3 Å². The fourth-order valence-corrected chi connectivity index (χ4v) is 6.57. The van der Waals surface area contributed by atoms with E-state index in [2.05, 4.69) is 36.6 Å². The number of esters is 1. The molecule has 0 unspecified atom stereocenters. The van der Waals surface area contributed by atoms with E-state index in [0.717, 1.165) is 14.9 Å². The second-order valence-corrected chi connectivity index (χ2v) is 14.8. The van der Waals surface area contributed by atoms with Gasteiger partial charge in [-0.25, -0.2) is 9.36 Å². The molecule has 342 valence electrons. The Hall–Kier alpha value is -5.06. The summed E-state index contributed by atoms with van der Waals surface area (Å²) in [4.78, 5) is 52.6. The lowest BCUT2D eigenvalue weighted by Gasteiger charge is -2.39. The Morgan fingerprint density at radius 2 is 1.13 bits per heavy atom. The lowest BCUT2D eigenvalue weighted by atomic mass is 9.98. The highest BCUT2D eigenvalue weighted by atomic mass is 16.6. The Labute approximate surface area is 354 Å². The SMILES string of the molecule is O=C(CN(CC(=O)NCc1cn([C@H]2O[C@H](CO)[C@@H](O)[C@H](O)[C@@H]2O)nn1)CC(=O)NCc1cn([C@H]2O[C@H](CO)[C@@H](O)[C@H](O)[C@@H]2O)nn1)NCCCCCC(=O)OCc1ccccc1. The van der Waals surface area contributed by atoms with Gasteiger partial charge < -0.3 is 71.0 Å². The van der Waals surface area contributed by atoms with Gasteiger partial charge in [0.05, 0.1) is 58.3 Å². The topological polar surface area (TPSA) is 359 Å². The van der Waals surface area contributed by atoms with Crippen LogP contribution in [-0.4, -0.2) is 188 Å². The summed E-state index contributed by atoms with van der Waals surface area (Å²) in [5.74, 6) is -2.05. The summed E-state index contributed by atoms with van der Waals surface area (Å²) in [5, 5.41) is 104. The van der Waals surface area contributed by atoms with Crippen molar-refractivity contribution in [1.82, 2.24) is 50.8 Å². The van der Waals surface area contributed by atoms with Gasteiger partial charge in [-0.3, -0.25) is 24.1 Å². The van der Waals surface area contributed by atoms with Crippen molar-refractivity contribution in [2.45, 2.75) is 107 Å². The first-order valence-electron chi connectivity index (χ1n) is 19.9. The monoisotopic (exact) mass is 878 g/mol. The van der Waals surface area contributed by atoms with Crippen LogP contribution in [0.3, 0.4) is 0 Å². The third-order valence-electron chi connectivity index (χ3n) is 10.0. The summed E-state index contributed by atoms with van der Waals surface area (Å²) >= 11 is 0. The Bertz CT molecular complexity index is 1790. The van der Waals surface area contributed by atoms with Crippen LogP contribution in [-0.2, 0) is 53.1 Å². The van der Waals surface area contributed by atoms with Crippen molar-refractivity contribution in [3.05, 3.63) is 59.7 Å². The molecule has 0 bridgehead atoms. The van der Waals surface area contributed by atoms with Crippen LogP contribution in [0.1, 0.15) is 55.1 Å². The molecule has 4 heterocycles. The summed E-state index contributed by atoms with van der Waals surface area (Å²) in [6.45, 7) is -2.45. The van der Waals surface area contributed by atoms with Crippen molar-refractivity contribution in [3.63, 3.8) is 0 Å². The maximum atomic E-state index is 13.1. The van der Waals surface area contributed by atoms with Gasteiger partial charge in [0.15, 0.2) is 12.5 Å². The Kier molecular flexibility index (Phi) is 18.1. The average Bonchev–Trinajstić information content (AvgIpc) is 3.95. The first-order chi connectivity index (χ1) is 29.8. The zero-order valence-electron chi connectivity index (χ0n) is 33.6. The third-order valence-corrected chi connectivity index (χ3v) is 10.0. The van der Waals surface area contributed by atoms with E-state index in [4.69, 9.17) is 14.2 Å². The van der Waals surface area contributed by atoms with Gasteiger partial charge >= 0.3 is 5.97 Å². The molecule has 2 aliphatic heterocycles. The summed E-state index contributed by atoms with van der Waals surface area (Å²) in [7, 11) is 0. The number of aromatic nitrogens is 6. The number of aliphatic hydroxyl groups excluding tert-OH is 8. The average molecular weight is 879 g/mol. The van der Waals surface area contributed by atoms with E-state index < -0.39 is 105 Å². The Morgan fingerprint density at radius 3 is 1.61 bits per heavy atom. The van der Waals surface area contributed by atoms with E-state index in [1.54, 1.807) is 0 Å². The molecule has 1 aromatic carbocycles. The number of unbranched alkanes of at least 4 members (excludes halogenated alkanes) is 2. The molecule has 25 nitrogen and oxygen atoms in total. The number of ether oxygens (including phenoxy) is 3. The smallest absolute Gasteiger partial charge is 0.306 e. The van der Waals surface area contributed by atoms with Crippen molar-refractivity contribution in [2.75, 3.05) is 39.4 Å². The molecule has 2 saturated heterocycles. The molecular formula is C37H54N10O15. The highest BCUT2D eigenvalue weighted by Crippen LogP contribution is 2.29. The molecule has 3 aromatic rings. The van der Waals surface area contributed by atoms with E-state index in [0.29, 0.717) is 19.3 Å². The maximum Gasteiger partial charge on any atom is 0.306 e. The quantitative estimate of drug-likeness (QED) is 0.0331. The molecule has 0 aliphatic carbocycles. The predicted molar refractivity (Wildman–Crippen MR) is 206 cm³/mol. The van der Waals surface area contributed by atoms with Gasteiger partial charge in [0.1, 0.15) is 66.8 Å². The molecule has 2 aromatic heterocycles. The van der Waals surface area contributed by atoms with Crippen molar-refractivity contribution < 1.29 is 74.2 Å². The van der Waals surface area contributed by atoms with Gasteiger partial charge in [-0.2, -0.15) is 0 Å².